The van der Waals surface area contributed by atoms with Crippen molar-refractivity contribution in [3.8, 4) is 0 Å². The van der Waals surface area contributed by atoms with Crippen LogP contribution in [0.3, 0.4) is 0 Å². The molecule has 1 aliphatic heterocycles. The highest BCUT2D eigenvalue weighted by Crippen LogP contribution is 2.26. The van der Waals surface area contributed by atoms with E-state index in [9.17, 15) is 9.18 Å². The number of halogens is 1. The zero-order valence-corrected chi connectivity index (χ0v) is 11.2. The monoisotopic (exact) mass is 265 g/mol. The minimum atomic E-state index is -0.270. The Morgan fingerprint density at radius 3 is 2.65 bits per heavy atom. The van der Waals surface area contributed by atoms with Crippen LogP contribution in [-0.4, -0.2) is 18.7 Å². The Morgan fingerprint density at radius 1 is 1.25 bits per heavy atom. The summed E-state index contributed by atoms with van der Waals surface area (Å²) in [6, 6.07) is 9.89. The van der Waals surface area contributed by atoms with E-state index in [1.165, 1.54) is 12.1 Å². The molecule has 2 aromatic rings. The van der Waals surface area contributed by atoms with Gasteiger partial charge in [0.05, 0.1) is 0 Å². The van der Waals surface area contributed by atoms with Gasteiger partial charge in [0.25, 0.3) is 5.91 Å². The molecule has 4 heteroatoms. The lowest BCUT2D eigenvalue weighted by Crippen LogP contribution is -2.23. The van der Waals surface area contributed by atoms with Crippen molar-refractivity contribution in [3.05, 3.63) is 64.5 Å². The van der Waals surface area contributed by atoms with E-state index in [4.69, 9.17) is 7.85 Å². The summed E-state index contributed by atoms with van der Waals surface area (Å²) in [5.41, 5.74) is 4.22. The molecule has 2 aromatic carbocycles. The fourth-order valence-corrected chi connectivity index (χ4v) is 2.69. The van der Waals surface area contributed by atoms with Gasteiger partial charge in [0, 0.05) is 18.7 Å². The van der Waals surface area contributed by atoms with Crippen LogP contribution in [0.25, 0.3) is 0 Å². The lowest BCUT2D eigenvalue weighted by Gasteiger charge is -2.15. The van der Waals surface area contributed by atoms with Gasteiger partial charge in [-0.05, 0) is 35.7 Å². The Balaban J connectivity index is 1.87. The predicted octanol–water partition coefficient (Wildman–Crippen LogP) is 2.08. The fourth-order valence-electron chi connectivity index (χ4n) is 2.69. The first-order valence-electron chi connectivity index (χ1n) is 6.47. The van der Waals surface area contributed by atoms with E-state index in [1.54, 1.807) is 17.0 Å². The molecule has 0 unspecified atom stereocenters. The molecule has 0 fully saturated rings. The Morgan fingerprint density at radius 2 is 1.95 bits per heavy atom. The maximum atomic E-state index is 12.9. The van der Waals surface area contributed by atoms with Gasteiger partial charge in [0.15, 0.2) is 0 Å². The summed E-state index contributed by atoms with van der Waals surface area (Å²) < 4.78 is 12.9. The molecule has 0 aromatic heterocycles. The third-order valence-corrected chi connectivity index (χ3v) is 3.59. The van der Waals surface area contributed by atoms with Gasteiger partial charge in [0.1, 0.15) is 13.7 Å². The lowest BCUT2D eigenvalue weighted by atomic mass is 9.90. The van der Waals surface area contributed by atoms with Crippen molar-refractivity contribution in [2.45, 2.75) is 20.0 Å². The number of carbonyl (C=O) groups excluding carboxylic acids is 1. The summed E-state index contributed by atoms with van der Waals surface area (Å²) >= 11 is 0. The molecule has 0 saturated heterocycles. The molecule has 0 bridgehead atoms. The zero-order chi connectivity index (χ0) is 14.3. The molecule has 0 N–H and O–H groups in total. The van der Waals surface area contributed by atoms with Crippen molar-refractivity contribution < 1.29 is 9.18 Å². The highest BCUT2D eigenvalue weighted by Gasteiger charge is 2.28. The van der Waals surface area contributed by atoms with E-state index in [0.717, 1.165) is 22.3 Å². The SMILES string of the molecule is [B]c1cc(C)c2c(c1)CN(Cc1ccc(F)cc1)C2=O. The molecule has 1 amide bonds. The van der Waals surface area contributed by atoms with Crippen molar-refractivity contribution >= 4 is 19.2 Å². The van der Waals surface area contributed by atoms with E-state index in [0.29, 0.717) is 18.6 Å². The molecule has 0 aliphatic carbocycles. The largest absolute Gasteiger partial charge is 0.330 e. The third-order valence-electron chi connectivity index (χ3n) is 3.59. The molecular weight excluding hydrogens is 252 g/mol. The van der Waals surface area contributed by atoms with Crippen LogP contribution >= 0.6 is 0 Å². The van der Waals surface area contributed by atoms with E-state index < -0.39 is 0 Å². The fraction of sp³-hybridized carbons (Fsp3) is 0.188. The summed E-state index contributed by atoms with van der Waals surface area (Å²) in [7, 11) is 5.82. The molecule has 0 atom stereocenters. The van der Waals surface area contributed by atoms with Crippen molar-refractivity contribution in [3.63, 3.8) is 0 Å². The van der Waals surface area contributed by atoms with Crippen LogP contribution in [0.5, 0.6) is 0 Å². The average molecular weight is 265 g/mol. The molecule has 3 rings (SSSR count). The summed E-state index contributed by atoms with van der Waals surface area (Å²) in [5.74, 6) is -0.254. The van der Waals surface area contributed by atoms with Gasteiger partial charge in [-0.1, -0.05) is 29.7 Å². The molecule has 98 valence electrons. The van der Waals surface area contributed by atoms with Gasteiger partial charge < -0.3 is 4.90 Å². The number of fused-ring (bicyclic) bond motifs is 1. The van der Waals surface area contributed by atoms with Crippen molar-refractivity contribution in [1.29, 1.82) is 0 Å². The predicted molar refractivity (Wildman–Crippen MR) is 76.5 cm³/mol. The van der Waals surface area contributed by atoms with Crippen LogP contribution in [0, 0.1) is 12.7 Å². The first kappa shape index (κ1) is 12.9. The second-order valence-electron chi connectivity index (χ2n) is 5.16. The van der Waals surface area contributed by atoms with Crippen LogP contribution in [-0.2, 0) is 13.1 Å². The van der Waals surface area contributed by atoms with Gasteiger partial charge in [-0.2, -0.15) is 0 Å². The smallest absolute Gasteiger partial charge is 0.255 e. The minimum absolute atomic E-state index is 0.0156. The van der Waals surface area contributed by atoms with E-state index in [1.807, 2.05) is 19.1 Å². The summed E-state index contributed by atoms with van der Waals surface area (Å²) in [4.78, 5) is 14.2. The highest BCUT2D eigenvalue weighted by atomic mass is 19.1. The highest BCUT2D eigenvalue weighted by molar-refractivity contribution is 6.32. The molecule has 2 nitrogen and oxygen atoms in total. The van der Waals surface area contributed by atoms with Crippen molar-refractivity contribution in [2.24, 2.45) is 0 Å². The van der Waals surface area contributed by atoms with Crippen LogP contribution in [0.2, 0.25) is 0 Å². The molecule has 1 aliphatic rings. The average Bonchev–Trinajstić information content (AvgIpc) is 2.69. The summed E-state index contributed by atoms with van der Waals surface area (Å²) in [6.07, 6.45) is 0. The zero-order valence-electron chi connectivity index (χ0n) is 11.2. The minimum Gasteiger partial charge on any atom is -0.330 e. The molecule has 1 heterocycles. The number of aryl methyl sites for hydroxylation is 1. The number of amides is 1. The first-order valence-corrected chi connectivity index (χ1v) is 6.47. The number of nitrogens with zero attached hydrogens (tertiary/aromatic N) is 1. The summed E-state index contributed by atoms with van der Waals surface area (Å²) in [6.45, 7) is 2.93. The first-order chi connectivity index (χ1) is 9.54. The standard InChI is InChI=1S/C16H13BFNO/c1-10-6-13(17)7-12-9-19(16(20)15(10)12)8-11-2-4-14(18)5-3-11/h2-7H,8-9H2,1H3. The Bertz CT molecular complexity index is 682. The van der Waals surface area contributed by atoms with Crippen LogP contribution in [0.4, 0.5) is 4.39 Å². The topological polar surface area (TPSA) is 20.3 Å². The van der Waals surface area contributed by atoms with Gasteiger partial charge in [-0.25, -0.2) is 4.39 Å². The number of hydrogen-bond acceptors (Lipinski definition) is 1. The molecule has 0 saturated carbocycles. The maximum Gasteiger partial charge on any atom is 0.255 e. The van der Waals surface area contributed by atoms with Crippen LogP contribution < -0.4 is 5.46 Å². The number of carbonyl (C=O) groups is 1. The Hall–Kier alpha value is -2.10. The van der Waals surface area contributed by atoms with Gasteiger partial charge in [-0.3, -0.25) is 4.79 Å². The molecule has 0 spiro atoms. The number of hydrogen-bond donors (Lipinski definition) is 0. The van der Waals surface area contributed by atoms with Gasteiger partial charge >= 0.3 is 0 Å². The molecule has 20 heavy (non-hydrogen) atoms. The lowest BCUT2D eigenvalue weighted by molar-refractivity contribution is 0.0766. The van der Waals surface area contributed by atoms with Crippen LogP contribution in [0.1, 0.15) is 27.0 Å². The van der Waals surface area contributed by atoms with Gasteiger partial charge in [-0.15, -0.1) is 0 Å². The number of benzene rings is 2. The molecular formula is C16H13BFNO. The second-order valence-corrected chi connectivity index (χ2v) is 5.16. The second kappa shape index (κ2) is 4.78. The van der Waals surface area contributed by atoms with E-state index >= 15 is 0 Å². The maximum absolute atomic E-state index is 12.9. The number of rotatable bonds is 2. The van der Waals surface area contributed by atoms with Gasteiger partial charge in [0.2, 0.25) is 0 Å². The Kier molecular flexibility index (Phi) is 3.09. The third kappa shape index (κ3) is 2.22. The Labute approximate surface area is 118 Å². The van der Waals surface area contributed by atoms with E-state index in [-0.39, 0.29) is 11.7 Å². The van der Waals surface area contributed by atoms with Crippen molar-refractivity contribution in [2.75, 3.05) is 0 Å². The van der Waals surface area contributed by atoms with Crippen molar-refractivity contribution in [1.82, 2.24) is 4.90 Å². The quantitative estimate of drug-likeness (QED) is 0.761. The molecule has 2 radical (unpaired) electrons. The van der Waals surface area contributed by atoms with E-state index in [2.05, 4.69) is 0 Å². The summed E-state index contributed by atoms with van der Waals surface area (Å²) in [5, 5.41) is 0. The normalized spacial score (nSPS) is 13.7. The van der Waals surface area contributed by atoms with Crippen LogP contribution in [0.15, 0.2) is 36.4 Å².